The summed E-state index contributed by atoms with van der Waals surface area (Å²) in [6.07, 6.45) is 25.1. The van der Waals surface area contributed by atoms with Gasteiger partial charge in [0.15, 0.2) is 0 Å². The van der Waals surface area contributed by atoms with Crippen LogP contribution < -0.4 is 10.0 Å². The van der Waals surface area contributed by atoms with Crippen molar-refractivity contribution in [1.82, 2.24) is 4.57 Å². The molecule has 4 aliphatic rings. The molecule has 0 bridgehead atoms. The molecule has 1 aromatic heterocycles. The molecule has 0 unspecified atom stereocenters. The van der Waals surface area contributed by atoms with E-state index < -0.39 is 0 Å². The van der Waals surface area contributed by atoms with Crippen LogP contribution in [0.4, 0.5) is 0 Å². The minimum Gasteiger partial charge on any atom is -0.496 e. The molecule has 3 heteroatoms. The molecule has 2 fully saturated rings. The van der Waals surface area contributed by atoms with Crippen molar-refractivity contribution in [1.29, 1.82) is 0 Å². The third-order valence-corrected chi connectivity index (χ3v) is 13.0. The van der Waals surface area contributed by atoms with Crippen molar-refractivity contribution in [3.8, 4) is 11.4 Å². The van der Waals surface area contributed by atoms with Gasteiger partial charge in [0.1, 0.15) is 5.75 Å². The number of nitrogens with zero attached hydrogens (tertiary/aromatic N) is 1. The molecule has 4 aliphatic carbocycles. The molecule has 0 aliphatic heterocycles. The number of ether oxygens (including phenoxy) is 1. The molecular formula is C31H44NOP. The molecule has 0 amide bonds. The predicted molar refractivity (Wildman–Crippen MR) is 146 cm³/mol. The highest BCUT2D eigenvalue weighted by Gasteiger charge is 2.37. The summed E-state index contributed by atoms with van der Waals surface area (Å²) in [5.41, 5.74) is 10.2. The molecule has 1 aromatic carbocycles. The maximum Gasteiger partial charge on any atom is 0.128 e. The fraction of sp³-hybridized carbons (Fsp3) is 0.677. The summed E-state index contributed by atoms with van der Waals surface area (Å²) in [7, 11) is 1.71. The summed E-state index contributed by atoms with van der Waals surface area (Å²) in [6, 6.07) is 7.07. The molecule has 34 heavy (non-hydrogen) atoms. The van der Waals surface area contributed by atoms with Crippen LogP contribution in [0.15, 0.2) is 18.2 Å². The summed E-state index contributed by atoms with van der Waals surface area (Å²) in [6.45, 7) is 0. The van der Waals surface area contributed by atoms with E-state index in [0.29, 0.717) is 0 Å². The number of hydrogen-bond donors (Lipinski definition) is 0. The van der Waals surface area contributed by atoms with Gasteiger partial charge in [-0.1, -0.05) is 52.5 Å². The Morgan fingerprint density at radius 3 is 1.74 bits per heavy atom. The molecule has 0 spiro atoms. The van der Waals surface area contributed by atoms with Crippen LogP contribution in [0.1, 0.15) is 112 Å². The van der Waals surface area contributed by atoms with E-state index in [4.69, 9.17) is 4.74 Å². The van der Waals surface area contributed by atoms with Gasteiger partial charge >= 0.3 is 0 Å². The fourth-order valence-corrected chi connectivity index (χ4v) is 11.9. The van der Waals surface area contributed by atoms with E-state index in [9.17, 15) is 0 Å². The first kappa shape index (κ1) is 23.1. The number of fused-ring (bicyclic) bond motifs is 3. The van der Waals surface area contributed by atoms with Crippen molar-refractivity contribution < 1.29 is 4.74 Å². The fourth-order valence-electron chi connectivity index (χ4n) is 7.87. The lowest BCUT2D eigenvalue weighted by molar-refractivity contribution is 0.417. The van der Waals surface area contributed by atoms with Crippen molar-refractivity contribution in [3.05, 3.63) is 40.7 Å². The molecule has 0 atom stereocenters. The third kappa shape index (κ3) is 4.17. The van der Waals surface area contributed by atoms with Gasteiger partial charge in [-0.05, 0) is 112 Å². The molecule has 1 heterocycles. The molecule has 0 radical (unpaired) electrons. The summed E-state index contributed by atoms with van der Waals surface area (Å²) >= 11 is 0. The van der Waals surface area contributed by atoms with Gasteiger partial charge in [0.2, 0.25) is 0 Å². The zero-order chi connectivity index (χ0) is 22.9. The van der Waals surface area contributed by atoms with Crippen LogP contribution in [-0.4, -0.2) is 23.0 Å². The van der Waals surface area contributed by atoms with E-state index in [1.807, 2.05) is 7.11 Å². The molecule has 6 rings (SSSR count). The van der Waals surface area contributed by atoms with Gasteiger partial charge in [-0.25, -0.2) is 0 Å². The van der Waals surface area contributed by atoms with Crippen LogP contribution in [0.2, 0.25) is 0 Å². The van der Waals surface area contributed by atoms with Crippen LogP contribution in [0.25, 0.3) is 5.69 Å². The Balaban J connectivity index is 1.55. The van der Waals surface area contributed by atoms with Gasteiger partial charge in [0.05, 0.1) is 12.8 Å². The highest BCUT2D eigenvalue weighted by molar-refractivity contribution is 7.67. The third-order valence-electron chi connectivity index (χ3n) is 9.41. The van der Waals surface area contributed by atoms with Crippen LogP contribution >= 0.6 is 7.92 Å². The highest BCUT2D eigenvalue weighted by Crippen LogP contribution is 2.57. The lowest BCUT2D eigenvalue weighted by Crippen LogP contribution is -2.29. The molecular weight excluding hydrogens is 433 g/mol. The lowest BCUT2D eigenvalue weighted by Gasteiger charge is -2.40. The Hall–Kier alpha value is -1.27. The highest BCUT2D eigenvalue weighted by atomic mass is 31.1. The number of methoxy groups -OCH3 is 1. The van der Waals surface area contributed by atoms with Crippen LogP contribution in [0.3, 0.4) is 0 Å². The van der Waals surface area contributed by atoms with E-state index in [1.54, 1.807) is 27.8 Å². The summed E-state index contributed by atoms with van der Waals surface area (Å²) in [5, 5.41) is 1.65. The Kier molecular flexibility index (Phi) is 7.07. The molecule has 2 nitrogen and oxygen atoms in total. The topological polar surface area (TPSA) is 14.2 Å². The second-order valence-electron chi connectivity index (χ2n) is 11.4. The minimum absolute atomic E-state index is 0.217. The van der Waals surface area contributed by atoms with Gasteiger partial charge in [0.25, 0.3) is 0 Å². The minimum atomic E-state index is -0.217. The van der Waals surface area contributed by atoms with Crippen molar-refractivity contribution in [2.45, 2.75) is 127 Å². The quantitative estimate of drug-likeness (QED) is 0.398. The first-order chi connectivity index (χ1) is 16.9. The summed E-state index contributed by atoms with van der Waals surface area (Å²) in [5.74, 6) is 1.20. The van der Waals surface area contributed by atoms with Crippen molar-refractivity contribution >= 4 is 13.2 Å². The maximum atomic E-state index is 6.24. The Morgan fingerprint density at radius 2 is 1.21 bits per heavy atom. The number of rotatable bonds is 5. The zero-order valence-electron chi connectivity index (χ0n) is 21.4. The van der Waals surface area contributed by atoms with Gasteiger partial charge in [-0.3, -0.25) is 0 Å². The Morgan fingerprint density at radius 1 is 0.676 bits per heavy atom. The molecule has 2 aromatic rings. The van der Waals surface area contributed by atoms with Gasteiger partial charge in [-0.15, -0.1) is 0 Å². The smallest absolute Gasteiger partial charge is 0.128 e. The van der Waals surface area contributed by atoms with E-state index in [2.05, 4.69) is 22.8 Å². The van der Waals surface area contributed by atoms with Gasteiger partial charge in [-0.2, -0.15) is 0 Å². The maximum absolute atomic E-state index is 6.24. The molecule has 0 saturated heterocycles. The van der Waals surface area contributed by atoms with Gasteiger partial charge in [0, 0.05) is 16.7 Å². The van der Waals surface area contributed by atoms with E-state index in [0.717, 1.165) is 11.3 Å². The normalized spacial score (nSPS) is 21.9. The SMILES string of the molecule is COc1cccc(-n2c3c(c4c2CCCC4)CCCC3)c1P(C1CCCCC1)C1CCCCC1. The second kappa shape index (κ2) is 10.4. The van der Waals surface area contributed by atoms with E-state index >= 15 is 0 Å². The summed E-state index contributed by atoms with van der Waals surface area (Å²) in [4.78, 5) is 0. The first-order valence-electron chi connectivity index (χ1n) is 14.6. The van der Waals surface area contributed by atoms with Crippen molar-refractivity contribution in [2.75, 3.05) is 7.11 Å². The molecule has 0 N–H and O–H groups in total. The monoisotopic (exact) mass is 477 g/mol. The van der Waals surface area contributed by atoms with E-state index in [-0.39, 0.29) is 7.92 Å². The average molecular weight is 478 g/mol. The standard InChI is InChI=1S/C31H44NOP/c1-33-30-22-12-21-29(32-27-19-10-8-17-25(27)26-18-9-11-20-28(26)32)31(30)34(23-13-4-2-5-14-23)24-15-6-3-7-16-24/h12,21-24H,2-11,13-20H2,1H3. The number of hydrogen-bond acceptors (Lipinski definition) is 1. The van der Waals surface area contributed by atoms with Crippen molar-refractivity contribution in [2.24, 2.45) is 0 Å². The number of benzene rings is 1. The van der Waals surface area contributed by atoms with E-state index in [1.165, 1.54) is 127 Å². The summed E-state index contributed by atoms with van der Waals surface area (Å²) < 4.78 is 9.06. The molecule has 184 valence electrons. The average Bonchev–Trinajstić information content (AvgIpc) is 3.25. The van der Waals surface area contributed by atoms with Crippen LogP contribution in [0, 0.1) is 0 Å². The Bertz CT molecular complexity index is 944. The lowest BCUT2D eigenvalue weighted by atomic mass is 9.89. The zero-order valence-corrected chi connectivity index (χ0v) is 22.3. The first-order valence-corrected chi connectivity index (χ1v) is 16.0. The van der Waals surface area contributed by atoms with Gasteiger partial charge < -0.3 is 9.30 Å². The van der Waals surface area contributed by atoms with Crippen LogP contribution in [0.5, 0.6) is 5.75 Å². The molecule has 2 saturated carbocycles. The van der Waals surface area contributed by atoms with Crippen LogP contribution in [-0.2, 0) is 25.7 Å². The predicted octanol–water partition coefficient (Wildman–Crippen LogP) is 8.02. The van der Waals surface area contributed by atoms with Crippen molar-refractivity contribution in [3.63, 3.8) is 0 Å². The largest absolute Gasteiger partial charge is 0.496 e. The Labute approximate surface area is 208 Å². The number of aromatic nitrogens is 1. The second-order valence-corrected chi connectivity index (χ2v) is 14.1.